The van der Waals surface area contributed by atoms with Crippen molar-refractivity contribution in [3.8, 4) is 0 Å². The van der Waals surface area contributed by atoms with Gasteiger partial charge in [0.05, 0.1) is 19.3 Å². The number of carbonyl (C=O) groups excluding carboxylic acids is 11. The molecule has 94 heavy (non-hydrogen) atoms. The molecule has 0 bridgehead atoms. The Morgan fingerprint density at radius 1 is 0.521 bits per heavy atom. The number of hydrogen-bond donors (Lipinski definition) is 4. The number of amides is 11. The molecule has 3 heterocycles. The second-order valence-corrected chi connectivity index (χ2v) is 28.3. The van der Waals surface area contributed by atoms with E-state index in [1.54, 1.807) is 41.5 Å². The number of allylic oxidation sites excluding steroid dienone is 2. The molecule has 3 saturated heterocycles. The fourth-order valence-electron chi connectivity index (χ4n) is 12.4. The van der Waals surface area contributed by atoms with Gasteiger partial charge in [0.2, 0.25) is 59.1 Å². The lowest BCUT2D eigenvalue weighted by Gasteiger charge is -2.50. The van der Waals surface area contributed by atoms with Gasteiger partial charge in [0.15, 0.2) is 6.04 Å². The van der Waals surface area contributed by atoms with Gasteiger partial charge in [-0.15, -0.1) is 0 Å². The van der Waals surface area contributed by atoms with Crippen LogP contribution in [0.3, 0.4) is 0 Å². The van der Waals surface area contributed by atoms with Crippen LogP contribution in [0.15, 0.2) is 12.2 Å². The lowest BCUT2D eigenvalue weighted by molar-refractivity contribution is -0.321. The Labute approximate surface area is 561 Å². The summed E-state index contributed by atoms with van der Waals surface area (Å²) in [6, 6.07) is -13.6. The van der Waals surface area contributed by atoms with Crippen LogP contribution in [0.5, 0.6) is 0 Å². The fourth-order valence-corrected chi connectivity index (χ4v) is 12.4. The molecule has 3 aliphatic rings. The highest BCUT2D eigenvalue weighted by atomic mass is 16.7. The van der Waals surface area contributed by atoms with E-state index in [-0.39, 0.29) is 56.0 Å². The number of morpholine rings is 1. The number of likely N-dealkylation sites (N-methyl/N-ethyl adjacent to an activating group) is 6. The first kappa shape index (κ1) is 82.0. The van der Waals surface area contributed by atoms with E-state index in [9.17, 15) is 33.6 Å². The molecule has 26 nitrogen and oxygen atoms in total. The summed E-state index contributed by atoms with van der Waals surface area (Å²) in [6.07, 6.45) is 4.32. The lowest BCUT2D eigenvalue weighted by atomic mass is 9.90. The largest absolute Gasteiger partial charge is 0.379 e. The van der Waals surface area contributed by atoms with E-state index in [0.29, 0.717) is 26.1 Å². The second-order valence-electron chi connectivity index (χ2n) is 28.3. The Kier molecular flexibility index (Phi) is 33.0. The van der Waals surface area contributed by atoms with Gasteiger partial charge in [0.1, 0.15) is 66.5 Å². The van der Waals surface area contributed by atoms with Crippen molar-refractivity contribution < 1.29 is 67.1 Å². The minimum atomic E-state index is -1.38. The molecule has 14 atom stereocenters. The normalized spacial score (nSPS) is 28.6. The molecule has 3 aliphatic heterocycles. The smallest absolute Gasteiger partial charge is 0.270 e. The van der Waals surface area contributed by atoms with Crippen LogP contribution in [0.1, 0.15) is 163 Å². The molecule has 26 heteroatoms. The van der Waals surface area contributed by atoms with E-state index in [1.807, 2.05) is 67.5 Å². The Morgan fingerprint density at radius 3 is 1.55 bits per heavy atom. The van der Waals surface area contributed by atoms with Crippen LogP contribution in [-0.4, -0.2) is 265 Å². The fraction of sp³-hybridized carbons (Fsp3) is 0.809. The molecule has 536 valence electrons. The molecular formula is C68H120N12O14. The van der Waals surface area contributed by atoms with Gasteiger partial charge in [-0.2, -0.15) is 0 Å². The van der Waals surface area contributed by atoms with Crippen molar-refractivity contribution in [2.75, 3.05) is 81.7 Å². The van der Waals surface area contributed by atoms with Gasteiger partial charge < -0.3 is 60.1 Å². The molecule has 0 unspecified atom stereocenters. The third-order valence-corrected chi connectivity index (χ3v) is 18.5. The molecule has 0 aromatic heterocycles. The summed E-state index contributed by atoms with van der Waals surface area (Å²) >= 11 is 0. The molecule has 3 rings (SSSR count). The Bertz CT molecular complexity index is 2600. The average molecular weight is 1330 g/mol. The van der Waals surface area contributed by atoms with Gasteiger partial charge >= 0.3 is 0 Å². The van der Waals surface area contributed by atoms with Gasteiger partial charge in [0.25, 0.3) is 5.91 Å². The van der Waals surface area contributed by atoms with E-state index >= 15 is 19.2 Å². The summed E-state index contributed by atoms with van der Waals surface area (Å²) in [4.78, 5) is 179. The highest BCUT2D eigenvalue weighted by Crippen LogP contribution is 2.34. The summed E-state index contributed by atoms with van der Waals surface area (Å²) in [5.74, 6) is -9.28. The summed E-state index contributed by atoms with van der Waals surface area (Å²) in [7, 11) is 8.66. The third-order valence-electron chi connectivity index (χ3n) is 18.5. The van der Waals surface area contributed by atoms with E-state index < -0.39 is 155 Å². The molecular weight excluding hydrogens is 1210 g/mol. The highest BCUT2D eigenvalue weighted by Gasteiger charge is 2.55. The molecule has 3 fully saturated rings. The minimum absolute atomic E-state index is 0.0521. The average Bonchev–Trinajstić information content (AvgIpc) is 0.757. The van der Waals surface area contributed by atoms with Crippen molar-refractivity contribution in [1.29, 1.82) is 0 Å². The maximum atomic E-state index is 15.2. The SMILES string of the molecule is C/C=C/C[C@@H](C)[C@H]1ON2C(=O)[C@H](C(C)C)N(C)C(=O)[C@H](CC(C)C)N(C)C(=O)[C@H](CC(C)C)N(C)C(=O)[C@@H](C)NC(=O)[C@H](C)NC(=O)[C@H](CC(C)C)N(C)C(=O)[C@H](C(C)C)NC(=O)[C@H]([C@@H](C)OCCCCN3CCOCC3)N(C)C(=O)[C@@H](C)N(C)C(=O)[C@H](CC)NC(=O)[C@H]12. The monoisotopic (exact) mass is 1330 g/mol. The van der Waals surface area contributed by atoms with E-state index in [0.717, 1.165) is 31.1 Å². The molecule has 0 spiro atoms. The van der Waals surface area contributed by atoms with Crippen LogP contribution in [-0.2, 0) is 67.1 Å². The number of hydrogen-bond acceptors (Lipinski definition) is 15. The van der Waals surface area contributed by atoms with Crippen molar-refractivity contribution in [3.63, 3.8) is 0 Å². The Morgan fingerprint density at radius 2 is 1.03 bits per heavy atom. The zero-order valence-corrected chi connectivity index (χ0v) is 61.1. The van der Waals surface area contributed by atoms with Crippen molar-refractivity contribution in [2.45, 2.75) is 241 Å². The topological polar surface area (TPSA) is 289 Å². The molecule has 0 aliphatic carbocycles. The maximum absolute atomic E-state index is 15.2. The van der Waals surface area contributed by atoms with Gasteiger partial charge in [-0.25, -0.2) is 5.06 Å². The van der Waals surface area contributed by atoms with E-state index in [2.05, 4.69) is 26.2 Å². The first-order valence-electron chi connectivity index (χ1n) is 34.2. The standard InChI is InChI=1S/C68H120N12O14/c1-24-26-29-44(13)57-56-61(84)71-49(25-2)64(87)73(18)47(16)63(86)78(23)55(48(17)93-33-28-27-30-79-31-34-92-35-32-79)60(83)72-53(42(9)10)67(90)74(19)50(36-39(3)4)59(82)69-45(14)58(81)70-46(15)62(85)75(20)51(37-40(5)6)65(88)76(21)52(38-41(7)8)66(89)77(22)54(43(11)12)68(91)80(56)94-57/h24,26,39-57H,25,27-38H2,1-23H3,(H,69,82)(H,70,81)(H,71,84)(H,72,83)/b26-24+/t44-,45+,46-,47-,48-,49+,50+,51+,52+,53+,54+,55+,56+,57-/m1/s1. The molecule has 0 saturated carbocycles. The number of ether oxygens (including phenoxy) is 2. The predicted molar refractivity (Wildman–Crippen MR) is 358 cm³/mol. The number of carbonyl (C=O) groups is 11. The van der Waals surface area contributed by atoms with Gasteiger partial charge in [-0.05, 0) is 122 Å². The number of nitrogens with one attached hydrogen (secondary N) is 4. The molecule has 11 amide bonds. The number of rotatable bonds is 19. The number of fused-ring (bicyclic) bond motifs is 1. The number of hydroxylamine groups is 2. The second kappa shape index (κ2) is 37.9. The zero-order chi connectivity index (χ0) is 71.5. The number of nitrogens with zero attached hydrogens (tertiary/aromatic N) is 8. The quantitative estimate of drug-likeness (QED) is 0.106. The predicted octanol–water partition coefficient (Wildman–Crippen LogP) is 3.45. The third kappa shape index (κ3) is 21.9. The minimum Gasteiger partial charge on any atom is -0.379 e. The van der Waals surface area contributed by atoms with Crippen molar-refractivity contribution >= 4 is 65.0 Å². The van der Waals surface area contributed by atoms with Crippen LogP contribution >= 0.6 is 0 Å². The summed E-state index contributed by atoms with van der Waals surface area (Å²) < 4.78 is 11.9. The maximum Gasteiger partial charge on any atom is 0.270 e. The number of unbranched alkanes of at least 4 members (excludes halogenated alkanes) is 1. The van der Waals surface area contributed by atoms with Crippen LogP contribution in [0.4, 0.5) is 0 Å². The van der Waals surface area contributed by atoms with Crippen molar-refractivity contribution in [2.24, 2.45) is 35.5 Å². The molecule has 0 aromatic rings. The van der Waals surface area contributed by atoms with Crippen LogP contribution < -0.4 is 21.3 Å². The molecule has 4 N–H and O–H groups in total. The van der Waals surface area contributed by atoms with Crippen LogP contribution in [0.25, 0.3) is 0 Å². The van der Waals surface area contributed by atoms with Crippen LogP contribution in [0.2, 0.25) is 0 Å². The van der Waals surface area contributed by atoms with Crippen LogP contribution in [0, 0.1) is 35.5 Å². The lowest BCUT2D eigenvalue weighted by Crippen LogP contribution is -2.72. The van der Waals surface area contributed by atoms with Crippen molar-refractivity contribution in [3.05, 3.63) is 12.2 Å². The van der Waals surface area contributed by atoms with E-state index in [4.69, 9.17) is 14.3 Å². The molecule has 0 aromatic carbocycles. The van der Waals surface area contributed by atoms with E-state index in [1.165, 1.54) is 92.5 Å². The summed E-state index contributed by atoms with van der Waals surface area (Å²) in [5, 5.41) is 12.1. The molecule has 0 radical (unpaired) electrons. The Balaban J connectivity index is 2.28. The highest BCUT2D eigenvalue weighted by molar-refractivity contribution is 6.00. The Hall–Kier alpha value is -6.25. The van der Waals surface area contributed by atoms with Gasteiger partial charge in [-0.3, -0.25) is 62.5 Å². The first-order valence-corrected chi connectivity index (χ1v) is 34.2. The summed E-state index contributed by atoms with van der Waals surface area (Å²) in [6.45, 7) is 33.6. The van der Waals surface area contributed by atoms with Gasteiger partial charge in [-0.1, -0.05) is 95.2 Å². The first-order chi connectivity index (χ1) is 43.9. The zero-order valence-electron chi connectivity index (χ0n) is 61.1. The van der Waals surface area contributed by atoms with Crippen molar-refractivity contribution in [1.82, 2.24) is 60.6 Å². The van der Waals surface area contributed by atoms with Gasteiger partial charge in [0, 0.05) is 62.0 Å². The summed E-state index contributed by atoms with van der Waals surface area (Å²) in [5.41, 5.74) is 0.